The molecule has 0 amide bonds. The van der Waals surface area contributed by atoms with Crippen molar-refractivity contribution in [2.24, 2.45) is 0 Å². The van der Waals surface area contributed by atoms with Gasteiger partial charge in [0.25, 0.3) is 0 Å². The molecular formula is C14H21NO2. The van der Waals surface area contributed by atoms with Crippen molar-refractivity contribution in [1.29, 1.82) is 0 Å². The van der Waals surface area contributed by atoms with Crippen LogP contribution in [0.2, 0.25) is 0 Å². The highest BCUT2D eigenvalue weighted by molar-refractivity contribution is 5.26. The number of aliphatic hydroxyl groups is 1. The zero-order valence-corrected chi connectivity index (χ0v) is 10.4. The molecular weight excluding hydrogens is 214 g/mol. The van der Waals surface area contributed by atoms with Crippen LogP contribution in [-0.4, -0.2) is 42.4 Å². The van der Waals surface area contributed by atoms with Crippen LogP contribution in [0.5, 0.6) is 5.75 Å². The molecule has 2 rings (SSSR count). The third kappa shape index (κ3) is 4.02. The second-order valence-electron chi connectivity index (χ2n) is 4.76. The number of β-amino-alcohol motifs (C(OH)–C–C–N with tert-alkyl or cyclic N) is 1. The van der Waals surface area contributed by atoms with Gasteiger partial charge in [0.05, 0.1) is 6.10 Å². The number of ether oxygens (including phenoxy) is 1. The van der Waals surface area contributed by atoms with E-state index in [1.54, 1.807) is 0 Å². The first kappa shape index (κ1) is 12.4. The van der Waals surface area contributed by atoms with Gasteiger partial charge in [-0.3, -0.25) is 4.90 Å². The summed E-state index contributed by atoms with van der Waals surface area (Å²) in [6.07, 6.45) is 1.88. The minimum Gasteiger partial charge on any atom is -0.492 e. The highest BCUT2D eigenvalue weighted by atomic mass is 16.5. The topological polar surface area (TPSA) is 32.7 Å². The number of nitrogens with zero attached hydrogens (tertiary/aromatic N) is 1. The Morgan fingerprint density at radius 3 is 2.82 bits per heavy atom. The molecule has 17 heavy (non-hydrogen) atoms. The Morgan fingerprint density at radius 1 is 1.35 bits per heavy atom. The van der Waals surface area contributed by atoms with E-state index in [9.17, 15) is 5.11 Å². The summed E-state index contributed by atoms with van der Waals surface area (Å²) in [6, 6.07) is 8.11. The van der Waals surface area contributed by atoms with Gasteiger partial charge in [-0.2, -0.15) is 0 Å². The molecule has 3 heteroatoms. The van der Waals surface area contributed by atoms with Crippen LogP contribution in [0, 0.1) is 6.92 Å². The van der Waals surface area contributed by atoms with E-state index in [1.807, 2.05) is 12.1 Å². The minimum atomic E-state index is -0.150. The Bertz CT molecular complexity index is 337. The number of likely N-dealkylation sites (tertiary alicyclic amines) is 1. The average molecular weight is 235 g/mol. The van der Waals surface area contributed by atoms with Crippen molar-refractivity contribution in [3.05, 3.63) is 29.8 Å². The Hall–Kier alpha value is -1.06. The zero-order valence-electron chi connectivity index (χ0n) is 10.4. The van der Waals surface area contributed by atoms with Crippen LogP contribution in [0.1, 0.15) is 18.4 Å². The fourth-order valence-corrected chi connectivity index (χ4v) is 2.16. The fraction of sp³-hybridized carbons (Fsp3) is 0.571. The molecule has 0 spiro atoms. The quantitative estimate of drug-likeness (QED) is 0.864. The van der Waals surface area contributed by atoms with E-state index in [-0.39, 0.29) is 6.10 Å². The number of hydrogen-bond donors (Lipinski definition) is 1. The first-order chi connectivity index (χ1) is 8.24. The SMILES string of the molecule is Cc1ccc(OCCN2CCC[C@@H](O)C2)cc1. The number of rotatable bonds is 4. The van der Waals surface area contributed by atoms with Crippen LogP contribution in [0.25, 0.3) is 0 Å². The average Bonchev–Trinajstić information content (AvgIpc) is 2.32. The number of aryl methyl sites for hydroxylation is 1. The van der Waals surface area contributed by atoms with E-state index < -0.39 is 0 Å². The second-order valence-corrected chi connectivity index (χ2v) is 4.76. The number of aliphatic hydroxyl groups excluding tert-OH is 1. The van der Waals surface area contributed by atoms with Crippen molar-refractivity contribution in [1.82, 2.24) is 4.90 Å². The summed E-state index contributed by atoms with van der Waals surface area (Å²) in [6.45, 7) is 5.52. The smallest absolute Gasteiger partial charge is 0.119 e. The molecule has 0 bridgehead atoms. The Kier molecular flexibility index (Phi) is 4.40. The van der Waals surface area contributed by atoms with Crippen molar-refractivity contribution in [3.8, 4) is 5.75 Å². The molecule has 1 aromatic carbocycles. The molecule has 1 saturated heterocycles. The van der Waals surface area contributed by atoms with Crippen LogP contribution < -0.4 is 4.74 Å². The zero-order chi connectivity index (χ0) is 12.1. The van der Waals surface area contributed by atoms with Gasteiger partial charge in [0, 0.05) is 13.1 Å². The van der Waals surface area contributed by atoms with E-state index in [0.717, 1.165) is 38.2 Å². The molecule has 1 fully saturated rings. The number of benzene rings is 1. The predicted octanol–water partition coefficient (Wildman–Crippen LogP) is 1.83. The summed E-state index contributed by atoms with van der Waals surface area (Å²) in [4.78, 5) is 2.27. The lowest BCUT2D eigenvalue weighted by Crippen LogP contribution is -2.40. The highest BCUT2D eigenvalue weighted by Crippen LogP contribution is 2.12. The van der Waals surface area contributed by atoms with E-state index >= 15 is 0 Å². The summed E-state index contributed by atoms with van der Waals surface area (Å²) in [7, 11) is 0. The Morgan fingerprint density at radius 2 is 2.12 bits per heavy atom. The number of hydrogen-bond acceptors (Lipinski definition) is 3. The second kappa shape index (κ2) is 6.03. The maximum atomic E-state index is 9.54. The first-order valence-electron chi connectivity index (χ1n) is 6.34. The van der Waals surface area contributed by atoms with Crippen molar-refractivity contribution >= 4 is 0 Å². The van der Waals surface area contributed by atoms with Gasteiger partial charge < -0.3 is 9.84 Å². The molecule has 1 aromatic rings. The van der Waals surface area contributed by atoms with Crippen molar-refractivity contribution in [2.75, 3.05) is 26.2 Å². The molecule has 1 aliphatic heterocycles. The molecule has 0 radical (unpaired) electrons. The Balaban J connectivity index is 1.70. The predicted molar refractivity (Wildman–Crippen MR) is 68.4 cm³/mol. The van der Waals surface area contributed by atoms with Crippen molar-refractivity contribution < 1.29 is 9.84 Å². The minimum absolute atomic E-state index is 0.150. The van der Waals surface area contributed by atoms with Gasteiger partial charge in [0.15, 0.2) is 0 Å². The molecule has 0 unspecified atom stereocenters. The molecule has 1 heterocycles. The summed E-state index contributed by atoms with van der Waals surface area (Å²) >= 11 is 0. The van der Waals surface area contributed by atoms with Gasteiger partial charge >= 0.3 is 0 Å². The van der Waals surface area contributed by atoms with Crippen molar-refractivity contribution in [2.45, 2.75) is 25.9 Å². The van der Waals surface area contributed by atoms with E-state index in [1.165, 1.54) is 5.56 Å². The summed E-state index contributed by atoms with van der Waals surface area (Å²) < 4.78 is 5.68. The van der Waals surface area contributed by atoms with Gasteiger partial charge in [-0.25, -0.2) is 0 Å². The first-order valence-corrected chi connectivity index (χ1v) is 6.34. The van der Waals surface area contributed by atoms with Crippen LogP contribution in [0.15, 0.2) is 24.3 Å². The summed E-state index contributed by atoms with van der Waals surface area (Å²) in [5.41, 5.74) is 1.25. The molecule has 1 aliphatic rings. The van der Waals surface area contributed by atoms with E-state index in [0.29, 0.717) is 6.61 Å². The van der Waals surface area contributed by atoms with Gasteiger partial charge in [-0.1, -0.05) is 17.7 Å². The molecule has 94 valence electrons. The van der Waals surface area contributed by atoms with E-state index in [4.69, 9.17) is 4.74 Å². The van der Waals surface area contributed by atoms with E-state index in [2.05, 4.69) is 24.0 Å². The van der Waals surface area contributed by atoms with Gasteiger partial charge in [0.1, 0.15) is 12.4 Å². The summed E-state index contributed by atoms with van der Waals surface area (Å²) in [5.74, 6) is 0.924. The van der Waals surface area contributed by atoms with Crippen molar-refractivity contribution in [3.63, 3.8) is 0 Å². The lowest BCUT2D eigenvalue weighted by atomic mass is 10.1. The highest BCUT2D eigenvalue weighted by Gasteiger charge is 2.16. The third-order valence-corrected chi connectivity index (χ3v) is 3.18. The van der Waals surface area contributed by atoms with Crippen LogP contribution >= 0.6 is 0 Å². The van der Waals surface area contributed by atoms with Crippen LogP contribution in [0.3, 0.4) is 0 Å². The number of piperidine rings is 1. The standard InChI is InChI=1S/C14H21NO2/c1-12-4-6-14(7-5-12)17-10-9-15-8-2-3-13(16)11-15/h4-7,13,16H,2-3,8-11H2,1H3/t13-/m1/s1. The maximum absolute atomic E-state index is 9.54. The monoisotopic (exact) mass is 235 g/mol. The third-order valence-electron chi connectivity index (χ3n) is 3.18. The van der Waals surface area contributed by atoms with Gasteiger partial charge in [-0.05, 0) is 38.4 Å². The summed E-state index contributed by atoms with van der Waals surface area (Å²) in [5, 5.41) is 9.54. The largest absolute Gasteiger partial charge is 0.492 e. The molecule has 0 aromatic heterocycles. The molecule has 0 saturated carbocycles. The fourth-order valence-electron chi connectivity index (χ4n) is 2.16. The van der Waals surface area contributed by atoms with Crippen LogP contribution in [0.4, 0.5) is 0 Å². The lowest BCUT2D eigenvalue weighted by molar-refractivity contribution is 0.0633. The van der Waals surface area contributed by atoms with Gasteiger partial charge in [-0.15, -0.1) is 0 Å². The molecule has 1 N–H and O–H groups in total. The van der Waals surface area contributed by atoms with Crippen LogP contribution in [-0.2, 0) is 0 Å². The maximum Gasteiger partial charge on any atom is 0.119 e. The Labute approximate surface area is 103 Å². The molecule has 1 atom stereocenters. The lowest BCUT2D eigenvalue weighted by Gasteiger charge is -2.29. The molecule has 3 nitrogen and oxygen atoms in total. The normalized spacial score (nSPS) is 21.4. The molecule has 0 aliphatic carbocycles. The van der Waals surface area contributed by atoms with Gasteiger partial charge in [0.2, 0.25) is 0 Å².